The van der Waals surface area contributed by atoms with Gasteiger partial charge in [-0.1, -0.05) is 35.4 Å². The summed E-state index contributed by atoms with van der Waals surface area (Å²) in [6.07, 6.45) is -1.52. The minimum atomic E-state index is -1.20. The Morgan fingerprint density at radius 2 is 2.13 bits per heavy atom. The Kier molecular flexibility index (Phi) is 4.55. The maximum Gasteiger partial charge on any atom is 0.163 e. The summed E-state index contributed by atoms with van der Waals surface area (Å²) in [6.45, 7) is 4.85. The molecule has 2 heterocycles. The molecule has 2 aliphatic rings. The maximum absolute atomic E-state index is 14.4. The van der Waals surface area contributed by atoms with Gasteiger partial charge in [0.25, 0.3) is 0 Å². The van der Waals surface area contributed by atoms with E-state index in [-0.39, 0.29) is 18.7 Å². The van der Waals surface area contributed by atoms with Crippen LogP contribution in [0.1, 0.15) is 19.4 Å². The fourth-order valence-electron chi connectivity index (χ4n) is 3.41. The molecule has 0 aromatic heterocycles. The van der Waals surface area contributed by atoms with E-state index in [1.807, 2.05) is 49.1 Å². The first kappa shape index (κ1) is 16.2. The van der Waals surface area contributed by atoms with E-state index >= 15 is 0 Å². The van der Waals surface area contributed by atoms with Crippen molar-refractivity contribution in [2.75, 3.05) is 13.2 Å². The molecule has 124 valence electrons. The van der Waals surface area contributed by atoms with Crippen LogP contribution in [0.3, 0.4) is 0 Å². The fourth-order valence-corrected chi connectivity index (χ4v) is 3.41. The van der Waals surface area contributed by atoms with Gasteiger partial charge in [-0.2, -0.15) is 0 Å². The average molecular weight is 320 g/mol. The zero-order valence-corrected chi connectivity index (χ0v) is 13.3. The lowest BCUT2D eigenvalue weighted by molar-refractivity contribution is -0.145. The molecule has 0 aliphatic carbocycles. The third-order valence-corrected chi connectivity index (χ3v) is 4.38. The summed E-state index contributed by atoms with van der Waals surface area (Å²) in [5.41, 5.74) is 9.87. The van der Waals surface area contributed by atoms with Gasteiger partial charge in [-0.15, -0.1) is 0 Å². The molecule has 0 spiro atoms. The van der Waals surface area contributed by atoms with Crippen molar-refractivity contribution in [1.82, 2.24) is 4.90 Å². The molecule has 2 saturated heterocycles. The van der Waals surface area contributed by atoms with Gasteiger partial charge in [0.05, 0.1) is 18.7 Å². The highest BCUT2D eigenvalue weighted by Gasteiger charge is 2.49. The number of rotatable bonds is 4. The molecule has 4 atom stereocenters. The van der Waals surface area contributed by atoms with Crippen LogP contribution in [0.5, 0.6) is 0 Å². The Morgan fingerprint density at radius 1 is 1.39 bits per heavy atom. The highest BCUT2D eigenvalue weighted by Crippen LogP contribution is 2.34. The number of alkyl halides is 1. The van der Waals surface area contributed by atoms with Gasteiger partial charge in [-0.25, -0.2) is 4.39 Å². The lowest BCUT2D eigenvalue weighted by Crippen LogP contribution is -2.46. The third-order valence-electron chi connectivity index (χ3n) is 4.38. The summed E-state index contributed by atoms with van der Waals surface area (Å²) in [5.74, 6) is -0.696. The van der Waals surface area contributed by atoms with Crippen LogP contribution in [-0.4, -0.2) is 48.2 Å². The lowest BCUT2D eigenvalue weighted by Gasteiger charge is -2.30. The number of hydrogen-bond acceptors (Lipinski definition) is 4. The molecule has 0 bridgehead atoms. The molecule has 0 radical (unpaired) electrons. The lowest BCUT2D eigenvalue weighted by atomic mass is 10.0. The zero-order valence-electron chi connectivity index (χ0n) is 13.3. The van der Waals surface area contributed by atoms with Gasteiger partial charge < -0.3 is 9.47 Å². The first-order valence-corrected chi connectivity index (χ1v) is 7.78. The Morgan fingerprint density at radius 3 is 2.74 bits per heavy atom. The van der Waals surface area contributed by atoms with Gasteiger partial charge in [-0.05, 0) is 24.9 Å². The number of halogens is 1. The molecule has 0 saturated carbocycles. The monoisotopic (exact) mass is 320 g/mol. The largest absolute Gasteiger partial charge is 0.348 e. The first-order chi connectivity index (χ1) is 11.0. The number of ether oxygens (including phenoxy) is 2. The minimum Gasteiger partial charge on any atom is -0.348 e. The van der Waals surface area contributed by atoms with Crippen LogP contribution in [0.15, 0.2) is 35.4 Å². The Balaban J connectivity index is 1.83. The second kappa shape index (κ2) is 6.45. The average Bonchev–Trinajstić information content (AvgIpc) is 3.01. The van der Waals surface area contributed by atoms with E-state index in [4.69, 9.17) is 15.0 Å². The molecule has 0 amide bonds. The Labute approximate surface area is 134 Å². The van der Waals surface area contributed by atoms with Crippen molar-refractivity contribution in [2.45, 2.75) is 50.5 Å². The normalized spacial score (nSPS) is 33.5. The van der Waals surface area contributed by atoms with Crippen molar-refractivity contribution < 1.29 is 13.9 Å². The predicted octanol–water partition coefficient (Wildman–Crippen LogP) is 3.04. The molecule has 2 fully saturated rings. The van der Waals surface area contributed by atoms with Crippen LogP contribution in [0.2, 0.25) is 0 Å². The van der Waals surface area contributed by atoms with Crippen molar-refractivity contribution in [3.05, 3.63) is 46.3 Å². The van der Waals surface area contributed by atoms with Crippen molar-refractivity contribution in [1.29, 1.82) is 0 Å². The molecule has 1 aromatic carbocycles. The predicted molar refractivity (Wildman–Crippen MR) is 83.4 cm³/mol. The third kappa shape index (κ3) is 3.48. The summed E-state index contributed by atoms with van der Waals surface area (Å²) in [7, 11) is 0. The van der Waals surface area contributed by atoms with Crippen LogP contribution < -0.4 is 0 Å². The molecule has 6 nitrogen and oxygen atoms in total. The van der Waals surface area contributed by atoms with Crippen molar-refractivity contribution in [3.63, 3.8) is 0 Å². The van der Waals surface area contributed by atoms with Gasteiger partial charge in [0.2, 0.25) is 0 Å². The summed E-state index contributed by atoms with van der Waals surface area (Å²) in [5, 5.41) is 3.70. The van der Waals surface area contributed by atoms with E-state index in [1.165, 1.54) is 0 Å². The molecule has 23 heavy (non-hydrogen) atoms. The minimum absolute atomic E-state index is 0.226. The number of nitrogens with zero attached hydrogens (tertiary/aromatic N) is 4. The molecule has 3 rings (SSSR count). The second-order valence-electron chi connectivity index (χ2n) is 6.48. The molecule has 4 unspecified atom stereocenters. The molecule has 7 heteroatoms. The van der Waals surface area contributed by atoms with Gasteiger partial charge in [-0.3, -0.25) is 4.90 Å². The zero-order chi connectivity index (χ0) is 16.4. The van der Waals surface area contributed by atoms with Gasteiger partial charge in [0.15, 0.2) is 5.79 Å². The summed E-state index contributed by atoms with van der Waals surface area (Å²) < 4.78 is 26.0. The number of benzene rings is 1. The van der Waals surface area contributed by atoms with Crippen molar-refractivity contribution in [3.8, 4) is 0 Å². The standard InChI is InChI=1S/C16H21FN4O2/c1-16(2)22-10-13(23-16)15-14(19-20-18)12(17)9-21(15)8-11-6-4-3-5-7-11/h3-7,12-15H,8-10H2,1-2H3. The molecule has 0 N–H and O–H groups in total. The van der Waals surface area contributed by atoms with E-state index < -0.39 is 18.0 Å². The number of azide groups is 1. The SMILES string of the molecule is CC1(C)OCC(C2C(N=[N+]=[N-])C(F)CN2Cc2ccccc2)O1. The summed E-state index contributed by atoms with van der Waals surface area (Å²) >= 11 is 0. The fraction of sp³-hybridized carbons (Fsp3) is 0.625. The smallest absolute Gasteiger partial charge is 0.163 e. The van der Waals surface area contributed by atoms with E-state index in [0.717, 1.165) is 5.56 Å². The highest BCUT2D eigenvalue weighted by atomic mass is 19.1. The van der Waals surface area contributed by atoms with Gasteiger partial charge in [0.1, 0.15) is 12.3 Å². The van der Waals surface area contributed by atoms with Gasteiger partial charge >= 0.3 is 0 Å². The van der Waals surface area contributed by atoms with E-state index in [9.17, 15) is 4.39 Å². The summed E-state index contributed by atoms with van der Waals surface area (Å²) in [6, 6.07) is 8.77. The van der Waals surface area contributed by atoms with Crippen LogP contribution in [0.25, 0.3) is 10.4 Å². The number of likely N-dealkylation sites (tertiary alicyclic amines) is 1. The number of hydrogen-bond donors (Lipinski definition) is 0. The second-order valence-corrected chi connectivity index (χ2v) is 6.48. The van der Waals surface area contributed by atoms with Crippen LogP contribution >= 0.6 is 0 Å². The van der Waals surface area contributed by atoms with E-state index in [2.05, 4.69) is 10.0 Å². The Bertz CT molecular complexity index is 591. The van der Waals surface area contributed by atoms with Gasteiger partial charge in [0, 0.05) is 18.0 Å². The maximum atomic E-state index is 14.4. The Hall–Kier alpha value is -1.66. The van der Waals surface area contributed by atoms with Crippen LogP contribution in [-0.2, 0) is 16.0 Å². The van der Waals surface area contributed by atoms with E-state index in [0.29, 0.717) is 13.2 Å². The topological polar surface area (TPSA) is 70.5 Å². The molecular formula is C16H21FN4O2. The molecular weight excluding hydrogens is 299 g/mol. The van der Waals surface area contributed by atoms with Crippen molar-refractivity contribution >= 4 is 0 Å². The van der Waals surface area contributed by atoms with Crippen molar-refractivity contribution in [2.24, 2.45) is 5.11 Å². The van der Waals surface area contributed by atoms with Crippen LogP contribution in [0.4, 0.5) is 4.39 Å². The first-order valence-electron chi connectivity index (χ1n) is 7.78. The quantitative estimate of drug-likeness (QED) is 0.486. The van der Waals surface area contributed by atoms with Crippen LogP contribution in [0, 0.1) is 0 Å². The molecule has 2 aliphatic heterocycles. The van der Waals surface area contributed by atoms with E-state index in [1.54, 1.807) is 0 Å². The molecule has 1 aromatic rings. The highest BCUT2D eigenvalue weighted by molar-refractivity contribution is 5.16. The summed E-state index contributed by atoms with van der Waals surface area (Å²) in [4.78, 5) is 4.82.